The van der Waals surface area contributed by atoms with Crippen molar-refractivity contribution in [2.24, 2.45) is 5.92 Å². The zero-order valence-corrected chi connectivity index (χ0v) is 18.1. The SMILES string of the molecule is CC(C)(C)OC(=O)N1C[C@H](C(=O)Nc2cccc3cnccc23)[C@@H](c2cccs2)C1. The molecule has 0 radical (unpaired) electrons. The van der Waals surface area contributed by atoms with E-state index in [0.717, 1.165) is 21.3 Å². The van der Waals surface area contributed by atoms with Crippen LogP contribution in [0.25, 0.3) is 10.8 Å². The number of aromatic nitrogens is 1. The Balaban J connectivity index is 1.58. The smallest absolute Gasteiger partial charge is 0.410 e. The molecular weight excluding hydrogens is 398 g/mol. The third-order valence-electron chi connectivity index (χ3n) is 5.16. The number of likely N-dealkylation sites (tertiary alicyclic amines) is 1. The molecule has 2 aromatic heterocycles. The van der Waals surface area contributed by atoms with Gasteiger partial charge >= 0.3 is 6.09 Å². The Morgan fingerprint density at radius 3 is 2.73 bits per heavy atom. The predicted octanol–water partition coefficient (Wildman–Crippen LogP) is 4.89. The predicted molar refractivity (Wildman–Crippen MR) is 119 cm³/mol. The molecule has 3 heterocycles. The van der Waals surface area contributed by atoms with Crippen molar-refractivity contribution in [2.45, 2.75) is 32.3 Å². The van der Waals surface area contributed by atoms with E-state index in [1.807, 2.05) is 62.5 Å². The van der Waals surface area contributed by atoms with Crippen molar-refractivity contribution in [3.63, 3.8) is 0 Å². The molecule has 1 N–H and O–H groups in total. The van der Waals surface area contributed by atoms with Gasteiger partial charge in [-0.05, 0) is 44.4 Å². The summed E-state index contributed by atoms with van der Waals surface area (Å²) in [6.45, 7) is 6.33. The Kier molecular flexibility index (Phi) is 5.47. The first-order chi connectivity index (χ1) is 14.3. The van der Waals surface area contributed by atoms with E-state index in [1.165, 1.54) is 0 Å². The Morgan fingerprint density at radius 2 is 2.00 bits per heavy atom. The number of ether oxygens (including phenoxy) is 1. The monoisotopic (exact) mass is 423 g/mol. The standard InChI is InChI=1S/C23H25N3O3S/c1-23(2,3)29-22(28)26-13-17(20-8-5-11-30-20)18(14-26)21(27)25-19-7-4-6-15-12-24-10-9-16(15)19/h4-12,17-18H,13-14H2,1-3H3,(H,25,27)/t17-,18-/m0/s1. The van der Waals surface area contributed by atoms with Crippen LogP contribution in [0.2, 0.25) is 0 Å². The minimum absolute atomic E-state index is 0.0610. The fourth-order valence-corrected chi connectivity index (χ4v) is 4.68. The summed E-state index contributed by atoms with van der Waals surface area (Å²) in [6.07, 6.45) is 3.11. The van der Waals surface area contributed by atoms with Crippen molar-refractivity contribution in [1.82, 2.24) is 9.88 Å². The maximum Gasteiger partial charge on any atom is 0.410 e. The molecule has 2 amide bonds. The van der Waals surface area contributed by atoms with E-state index < -0.39 is 5.60 Å². The average Bonchev–Trinajstić information content (AvgIpc) is 3.36. The van der Waals surface area contributed by atoms with Crippen LogP contribution in [0.1, 0.15) is 31.6 Å². The number of nitrogens with one attached hydrogen (secondary N) is 1. The van der Waals surface area contributed by atoms with Gasteiger partial charge in [0, 0.05) is 52.7 Å². The van der Waals surface area contributed by atoms with E-state index in [0.29, 0.717) is 13.1 Å². The van der Waals surface area contributed by atoms with Crippen LogP contribution in [0.5, 0.6) is 0 Å². The highest BCUT2D eigenvalue weighted by Gasteiger charge is 2.42. The first-order valence-electron chi connectivity index (χ1n) is 9.97. The van der Waals surface area contributed by atoms with Crippen molar-refractivity contribution >= 4 is 39.8 Å². The normalized spacial score (nSPS) is 19.1. The lowest BCUT2D eigenvalue weighted by Crippen LogP contribution is -2.36. The Labute approximate surface area is 179 Å². The Hall–Kier alpha value is -2.93. The minimum atomic E-state index is -0.577. The quantitative estimate of drug-likeness (QED) is 0.651. The lowest BCUT2D eigenvalue weighted by atomic mass is 9.93. The molecule has 0 aliphatic carbocycles. The fraction of sp³-hybridized carbons (Fsp3) is 0.348. The molecule has 3 aromatic rings. The highest BCUT2D eigenvalue weighted by molar-refractivity contribution is 7.10. The summed E-state index contributed by atoms with van der Waals surface area (Å²) in [5.41, 5.74) is 0.174. The van der Waals surface area contributed by atoms with Crippen molar-refractivity contribution < 1.29 is 14.3 Å². The van der Waals surface area contributed by atoms with Gasteiger partial charge in [-0.1, -0.05) is 18.2 Å². The maximum atomic E-state index is 13.3. The molecule has 6 nitrogen and oxygen atoms in total. The topological polar surface area (TPSA) is 71.5 Å². The summed E-state index contributed by atoms with van der Waals surface area (Å²) in [6, 6.07) is 11.6. The van der Waals surface area contributed by atoms with E-state index in [9.17, 15) is 9.59 Å². The van der Waals surface area contributed by atoms with Crippen LogP contribution in [-0.4, -0.2) is 40.6 Å². The molecule has 1 saturated heterocycles. The largest absolute Gasteiger partial charge is 0.444 e. The number of hydrogen-bond donors (Lipinski definition) is 1. The number of anilines is 1. The van der Waals surface area contributed by atoms with Crippen LogP contribution >= 0.6 is 11.3 Å². The number of carbonyl (C=O) groups excluding carboxylic acids is 2. The molecule has 2 atom stereocenters. The van der Waals surface area contributed by atoms with Crippen LogP contribution in [0, 0.1) is 5.92 Å². The molecule has 30 heavy (non-hydrogen) atoms. The first-order valence-corrected chi connectivity index (χ1v) is 10.8. The molecule has 0 spiro atoms. The summed E-state index contributed by atoms with van der Waals surface area (Å²) >= 11 is 1.61. The number of rotatable bonds is 3. The molecule has 0 unspecified atom stereocenters. The number of hydrogen-bond acceptors (Lipinski definition) is 5. The van der Waals surface area contributed by atoms with Gasteiger partial charge < -0.3 is 15.0 Å². The average molecular weight is 424 g/mol. The number of pyridine rings is 1. The van der Waals surface area contributed by atoms with Gasteiger partial charge in [-0.15, -0.1) is 11.3 Å². The van der Waals surface area contributed by atoms with Crippen LogP contribution in [0.4, 0.5) is 10.5 Å². The minimum Gasteiger partial charge on any atom is -0.444 e. The number of amides is 2. The summed E-state index contributed by atoms with van der Waals surface area (Å²) in [5, 5.41) is 6.99. The number of fused-ring (bicyclic) bond motifs is 1. The molecule has 1 aromatic carbocycles. The highest BCUT2D eigenvalue weighted by atomic mass is 32.1. The number of thiophene rings is 1. The molecule has 0 saturated carbocycles. The van der Waals surface area contributed by atoms with Gasteiger partial charge in [0.05, 0.1) is 5.92 Å². The van der Waals surface area contributed by atoms with Crippen LogP contribution in [0.3, 0.4) is 0 Å². The van der Waals surface area contributed by atoms with Gasteiger partial charge in [0.1, 0.15) is 5.60 Å². The molecule has 4 rings (SSSR count). The number of nitrogens with zero attached hydrogens (tertiary/aromatic N) is 2. The number of carbonyl (C=O) groups is 2. The van der Waals surface area contributed by atoms with Gasteiger partial charge in [0.25, 0.3) is 0 Å². The van der Waals surface area contributed by atoms with Crippen LogP contribution in [-0.2, 0) is 9.53 Å². The molecule has 1 aliphatic heterocycles. The summed E-state index contributed by atoms with van der Waals surface area (Å²) in [4.78, 5) is 32.9. The third-order valence-corrected chi connectivity index (χ3v) is 6.16. The Bertz CT molecular complexity index is 1050. The maximum absolute atomic E-state index is 13.3. The van der Waals surface area contributed by atoms with E-state index in [-0.39, 0.29) is 23.8 Å². The zero-order chi connectivity index (χ0) is 21.3. The van der Waals surface area contributed by atoms with E-state index in [2.05, 4.69) is 10.3 Å². The molecule has 1 fully saturated rings. The van der Waals surface area contributed by atoms with Gasteiger partial charge in [-0.2, -0.15) is 0 Å². The molecule has 156 valence electrons. The summed E-state index contributed by atoms with van der Waals surface area (Å²) < 4.78 is 5.54. The van der Waals surface area contributed by atoms with Crippen molar-refractivity contribution in [2.75, 3.05) is 18.4 Å². The number of benzene rings is 1. The fourth-order valence-electron chi connectivity index (χ4n) is 3.79. The van der Waals surface area contributed by atoms with Crippen LogP contribution in [0.15, 0.2) is 54.2 Å². The van der Waals surface area contributed by atoms with Gasteiger partial charge in [0.15, 0.2) is 0 Å². The second-order valence-corrected chi connectivity index (χ2v) is 9.48. The van der Waals surface area contributed by atoms with Crippen LogP contribution < -0.4 is 5.32 Å². The van der Waals surface area contributed by atoms with Gasteiger partial charge in [0.2, 0.25) is 5.91 Å². The second-order valence-electron chi connectivity index (χ2n) is 8.51. The first kappa shape index (κ1) is 20.3. The lowest BCUT2D eigenvalue weighted by Gasteiger charge is -2.24. The van der Waals surface area contributed by atoms with Crippen molar-refractivity contribution in [1.29, 1.82) is 0 Å². The van der Waals surface area contributed by atoms with Crippen molar-refractivity contribution in [3.05, 3.63) is 59.0 Å². The van der Waals surface area contributed by atoms with E-state index >= 15 is 0 Å². The Morgan fingerprint density at radius 1 is 1.17 bits per heavy atom. The third kappa shape index (κ3) is 4.31. The van der Waals surface area contributed by atoms with Gasteiger partial charge in [-0.3, -0.25) is 9.78 Å². The van der Waals surface area contributed by atoms with Gasteiger partial charge in [-0.25, -0.2) is 4.79 Å². The molecular formula is C23H25N3O3S. The summed E-state index contributed by atoms with van der Waals surface area (Å²) in [5.74, 6) is -0.508. The van der Waals surface area contributed by atoms with E-state index in [4.69, 9.17) is 4.74 Å². The highest BCUT2D eigenvalue weighted by Crippen LogP contribution is 2.37. The second kappa shape index (κ2) is 8.07. The lowest BCUT2D eigenvalue weighted by molar-refractivity contribution is -0.119. The molecule has 7 heteroatoms. The van der Waals surface area contributed by atoms with E-state index in [1.54, 1.807) is 28.6 Å². The zero-order valence-electron chi connectivity index (χ0n) is 17.3. The van der Waals surface area contributed by atoms with Crippen molar-refractivity contribution in [3.8, 4) is 0 Å². The molecule has 1 aliphatic rings. The molecule has 0 bridgehead atoms. The summed E-state index contributed by atoms with van der Waals surface area (Å²) in [7, 11) is 0.